The highest BCUT2D eigenvalue weighted by Gasteiger charge is 2.28. The summed E-state index contributed by atoms with van der Waals surface area (Å²) in [4.78, 5) is 21.3. The van der Waals surface area contributed by atoms with Crippen LogP contribution >= 0.6 is 0 Å². The number of benzene rings is 1. The topological polar surface area (TPSA) is 98.9 Å². The predicted molar refractivity (Wildman–Crippen MR) is 60.1 cm³/mol. The smallest absolute Gasteiger partial charge is 0.310 e. The number of rotatable bonds is 3. The molecule has 18 heavy (non-hydrogen) atoms. The number of carbonyl (C=O) groups is 1. The van der Waals surface area contributed by atoms with Gasteiger partial charge in [0.05, 0.1) is 16.9 Å². The Morgan fingerprint density at radius 2 is 1.94 bits per heavy atom. The molecule has 0 spiro atoms. The largest absolute Gasteiger partial charge is 0.486 e. The maximum absolute atomic E-state index is 11.0. The van der Waals surface area contributed by atoms with E-state index in [9.17, 15) is 14.9 Å². The van der Waals surface area contributed by atoms with Crippen LogP contribution in [0.5, 0.6) is 11.5 Å². The molecule has 1 N–H and O–H groups in total. The van der Waals surface area contributed by atoms with Gasteiger partial charge in [0.15, 0.2) is 11.5 Å². The van der Waals surface area contributed by atoms with Crippen molar-refractivity contribution >= 4 is 11.7 Å². The summed E-state index contributed by atoms with van der Waals surface area (Å²) >= 11 is 0. The summed E-state index contributed by atoms with van der Waals surface area (Å²) in [6.45, 7) is 2.05. The monoisotopic (exact) mass is 253 g/mol. The molecule has 7 nitrogen and oxygen atoms in total. The predicted octanol–water partition coefficient (Wildman–Crippen LogP) is 1.55. The van der Waals surface area contributed by atoms with Crippen molar-refractivity contribution in [2.45, 2.75) is 12.8 Å². The Morgan fingerprint density at radius 3 is 2.44 bits per heavy atom. The van der Waals surface area contributed by atoms with Crippen molar-refractivity contribution in [3.63, 3.8) is 0 Å². The molecular weight excluding hydrogens is 242 g/mol. The van der Waals surface area contributed by atoms with Crippen LogP contribution in [-0.2, 0) is 4.79 Å². The molecule has 96 valence electrons. The molecular formula is C11H11NO6. The minimum absolute atomic E-state index is 0.108. The average molecular weight is 253 g/mol. The number of carboxylic acids is 1. The normalized spacial score (nSPS) is 14.9. The third-order valence-corrected chi connectivity index (χ3v) is 2.73. The molecule has 0 aromatic heterocycles. The maximum atomic E-state index is 11.0. The highest BCUT2D eigenvalue weighted by Crippen LogP contribution is 2.39. The zero-order valence-electron chi connectivity index (χ0n) is 9.58. The summed E-state index contributed by atoms with van der Waals surface area (Å²) in [6, 6.07) is 2.58. The van der Waals surface area contributed by atoms with Gasteiger partial charge in [-0.3, -0.25) is 14.9 Å². The molecule has 2 rings (SSSR count). The Bertz CT molecular complexity index is 513. The van der Waals surface area contributed by atoms with Crippen molar-refractivity contribution in [2.75, 3.05) is 13.2 Å². The van der Waals surface area contributed by atoms with E-state index in [0.717, 1.165) is 0 Å². The first kappa shape index (κ1) is 12.2. The second kappa shape index (κ2) is 4.52. The van der Waals surface area contributed by atoms with Crippen LogP contribution in [0.15, 0.2) is 12.1 Å². The number of nitrogens with zero attached hydrogens (tertiary/aromatic N) is 1. The van der Waals surface area contributed by atoms with Gasteiger partial charge in [0, 0.05) is 5.56 Å². The highest BCUT2D eigenvalue weighted by molar-refractivity contribution is 5.78. The van der Waals surface area contributed by atoms with Crippen LogP contribution in [0.25, 0.3) is 0 Å². The minimum Gasteiger partial charge on any atom is -0.486 e. The first-order valence-electron chi connectivity index (χ1n) is 5.31. The summed E-state index contributed by atoms with van der Waals surface area (Å²) < 4.78 is 10.5. The second-order valence-electron chi connectivity index (χ2n) is 3.87. The van der Waals surface area contributed by atoms with Crippen LogP contribution in [0.2, 0.25) is 0 Å². The standard InChI is InChI=1S/C11H11NO6/c1-6(11(13)14)7-4-9-10(18-3-2-17-9)5-8(7)12(15)16/h4-6H,2-3H2,1H3,(H,13,14). The Labute approximate surface area is 102 Å². The number of nitro benzene ring substituents is 1. The van der Waals surface area contributed by atoms with Gasteiger partial charge in [0.1, 0.15) is 13.2 Å². The lowest BCUT2D eigenvalue weighted by atomic mass is 9.98. The lowest BCUT2D eigenvalue weighted by Gasteiger charge is -2.19. The summed E-state index contributed by atoms with van der Waals surface area (Å²) in [5.41, 5.74) is -0.161. The van der Waals surface area contributed by atoms with Gasteiger partial charge in [0.25, 0.3) is 5.69 Å². The Hall–Kier alpha value is -2.31. The highest BCUT2D eigenvalue weighted by atomic mass is 16.6. The van der Waals surface area contributed by atoms with Gasteiger partial charge >= 0.3 is 5.97 Å². The van der Waals surface area contributed by atoms with Crippen molar-refractivity contribution in [1.82, 2.24) is 0 Å². The van der Waals surface area contributed by atoms with E-state index < -0.39 is 16.8 Å². The second-order valence-corrected chi connectivity index (χ2v) is 3.87. The SMILES string of the molecule is CC(C(=O)O)c1cc2c(cc1[N+](=O)[O-])OCCO2. The van der Waals surface area contributed by atoms with Crippen molar-refractivity contribution < 1.29 is 24.3 Å². The van der Waals surface area contributed by atoms with E-state index in [0.29, 0.717) is 19.0 Å². The molecule has 0 aliphatic carbocycles. The molecule has 1 aliphatic heterocycles. The van der Waals surface area contributed by atoms with Crippen LogP contribution in [0, 0.1) is 10.1 Å². The van der Waals surface area contributed by atoms with Crippen LogP contribution in [0.1, 0.15) is 18.4 Å². The van der Waals surface area contributed by atoms with Crippen LogP contribution in [0.4, 0.5) is 5.69 Å². The molecule has 7 heteroatoms. The molecule has 1 atom stereocenters. The van der Waals surface area contributed by atoms with Gasteiger partial charge in [-0.1, -0.05) is 0 Å². The van der Waals surface area contributed by atoms with E-state index in [1.54, 1.807) is 0 Å². The van der Waals surface area contributed by atoms with Crippen LogP contribution in [-0.4, -0.2) is 29.2 Å². The maximum Gasteiger partial charge on any atom is 0.310 e. The van der Waals surface area contributed by atoms with Gasteiger partial charge in [-0.05, 0) is 13.0 Å². The van der Waals surface area contributed by atoms with E-state index >= 15 is 0 Å². The first-order valence-corrected chi connectivity index (χ1v) is 5.31. The van der Waals surface area contributed by atoms with E-state index in [-0.39, 0.29) is 17.0 Å². The van der Waals surface area contributed by atoms with Gasteiger partial charge in [-0.25, -0.2) is 0 Å². The Morgan fingerprint density at radius 1 is 1.39 bits per heavy atom. The van der Waals surface area contributed by atoms with E-state index in [2.05, 4.69) is 0 Å². The summed E-state index contributed by atoms with van der Waals surface area (Å²) in [5, 5.41) is 19.9. The zero-order chi connectivity index (χ0) is 13.3. The van der Waals surface area contributed by atoms with Gasteiger partial charge in [-0.15, -0.1) is 0 Å². The number of hydrogen-bond acceptors (Lipinski definition) is 5. The molecule has 0 amide bonds. The molecule has 0 bridgehead atoms. The molecule has 1 aromatic carbocycles. The van der Waals surface area contributed by atoms with Gasteiger partial charge in [-0.2, -0.15) is 0 Å². The third-order valence-electron chi connectivity index (χ3n) is 2.73. The number of aliphatic carboxylic acids is 1. The third kappa shape index (κ3) is 2.06. The van der Waals surface area contributed by atoms with Crippen LogP contribution < -0.4 is 9.47 Å². The fourth-order valence-electron chi connectivity index (χ4n) is 1.73. The summed E-state index contributed by atoms with van der Waals surface area (Å²) in [6.07, 6.45) is 0. The molecule has 1 aliphatic rings. The molecule has 1 aromatic rings. The van der Waals surface area contributed by atoms with Crippen molar-refractivity contribution in [3.05, 3.63) is 27.8 Å². The molecule has 0 fully saturated rings. The van der Waals surface area contributed by atoms with Gasteiger partial charge in [0.2, 0.25) is 0 Å². The Balaban J connectivity index is 2.55. The van der Waals surface area contributed by atoms with Crippen LogP contribution in [0.3, 0.4) is 0 Å². The molecule has 0 saturated heterocycles. The lowest BCUT2D eigenvalue weighted by Crippen LogP contribution is -2.17. The number of hydrogen-bond donors (Lipinski definition) is 1. The molecule has 1 unspecified atom stereocenters. The molecule has 0 radical (unpaired) electrons. The summed E-state index contributed by atoms with van der Waals surface area (Å²) in [7, 11) is 0. The zero-order valence-corrected chi connectivity index (χ0v) is 9.58. The lowest BCUT2D eigenvalue weighted by molar-refractivity contribution is -0.385. The van der Waals surface area contributed by atoms with Gasteiger partial charge < -0.3 is 14.6 Å². The average Bonchev–Trinajstić information content (AvgIpc) is 2.36. The number of nitro groups is 1. The minimum atomic E-state index is -1.13. The van der Waals surface area contributed by atoms with E-state index in [4.69, 9.17) is 14.6 Å². The van der Waals surface area contributed by atoms with Crippen molar-refractivity contribution in [2.24, 2.45) is 0 Å². The van der Waals surface area contributed by atoms with Crippen molar-refractivity contribution in [3.8, 4) is 11.5 Å². The number of carboxylic acid groups (broad SMARTS) is 1. The molecule has 0 saturated carbocycles. The first-order chi connectivity index (χ1) is 8.50. The quantitative estimate of drug-likeness (QED) is 0.648. The fraction of sp³-hybridized carbons (Fsp3) is 0.364. The van der Waals surface area contributed by atoms with E-state index in [1.165, 1.54) is 19.1 Å². The number of ether oxygens (including phenoxy) is 2. The van der Waals surface area contributed by atoms with Crippen molar-refractivity contribution in [1.29, 1.82) is 0 Å². The fourth-order valence-corrected chi connectivity index (χ4v) is 1.73. The summed E-state index contributed by atoms with van der Waals surface area (Å²) in [5.74, 6) is -1.50. The number of fused-ring (bicyclic) bond motifs is 1. The molecule has 1 heterocycles. The van der Waals surface area contributed by atoms with E-state index in [1.807, 2.05) is 0 Å². The Kier molecular flexibility index (Phi) is 3.05.